The predicted octanol–water partition coefficient (Wildman–Crippen LogP) is 12.7. The summed E-state index contributed by atoms with van der Waals surface area (Å²) in [4.78, 5) is 11.7. The van der Waals surface area contributed by atoms with Crippen molar-refractivity contribution in [3.8, 4) is 5.75 Å². The molecule has 0 bridgehead atoms. The van der Waals surface area contributed by atoms with E-state index >= 15 is 0 Å². The lowest BCUT2D eigenvalue weighted by atomic mass is 9.89. The van der Waals surface area contributed by atoms with Crippen LogP contribution in [0, 0.1) is 11.8 Å². The van der Waals surface area contributed by atoms with Crippen molar-refractivity contribution in [3.63, 3.8) is 0 Å². The van der Waals surface area contributed by atoms with Gasteiger partial charge in [-0.15, -0.1) is 0 Å². The van der Waals surface area contributed by atoms with Crippen molar-refractivity contribution in [2.45, 2.75) is 173 Å². The Balaban J connectivity index is 2.62. The van der Waals surface area contributed by atoms with Gasteiger partial charge in [0.25, 0.3) is 0 Å². The molecule has 1 aliphatic carbocycles. The zero-order valence-electron chi connectivity index (χ0n) is 36.3. The molecule has 0 radical (unpaired) electrons. The minimum Gasteiger partial charge on any atom is -0.491 e. The molecule has 0 aliphatic heterocycles. The molecule has 1 saturated carbocycles. The van der Waals surface area contributed by atoms with E-state index in [0.29, 0.717) is 6.42 Å². The summed E-state index contributed by atoms with van der Waals surface area (Å²) in [5.41, 5.74) is -0.747. The van der Waals surface area contributed by atoms with Gasteiger partial charge in [-0.3, -0.25) is 4.79 Å². The van der Waals surface area contributed by atoms with Gasteiger partial charge in [0.15, 0.2) is 25.0 Å². The number of rotatable bonds is 17. The van der Waals surface area contributed by atoms with Gasteiger partial charge < -0.3 is 22.8 Å². The molecule has 1 aromatic rings. The minimum atomic E-state index is -4.47. The molecule has 2 rings (SSSR count). The fourth-order valence-electron chi connectivity index (χ4n) is 5.75. The molecule has 0 heterocycles. The molecule has 1 unspecified atom stereocenters. The van der Waals surface area contributed by atoms with Gasteiger partial charge >= 0.3 is 12.1 Å². The maximum Gasteiger partial charge on any atom is 0.416 e. The predicted molar refractivity (Wildman–Crippen MR) is 224 cm³/mol. The topological polar surface area (TPSA) is 63.2 Å². The van der Waals surface area contributed by atoms with Gasteiger partial charge in [0.05, 0.1) is 31.0 Å². The lowest BCUT2D eigenvalue weighted by Gasteiger charge is -2.40. The van der Waals surface area contributed by atoms with E-state index in [1.54, 1.807) is 6.07 Å². The summed E-state index contributed by atoms with van der Waals surface area (Å²) in [6.45, 7) is 33.7. The second kappa shape index (κ2) is 18.7. The van der Waals surface area contributed by atoms with Crippen molar-refractivity contribution in [1.82, 2.24) is 0 Å². The van der Waals surface area contributed by atoms with E-state index in [2.05, 4.69) is 126 Å². The number of benzene rings is 1. The molecule has 1 aromatic carbocycles. The maximum absolute atomic E-state index is 13.5. The monoisotopic (exact) mass is 814 g/mol. The SMILES string of the molecule is COC(=O)CCCC=CCC1[C@H](O[Si](C)(C)C(C)(C)C)C[C@@H](O[Si](C)(C)C(C)(C)C)[C@H]1C=C[C@H](COc1cccc(C(F)(F)F)c1)O[Si](C)(C)C(C)(C)C. The van der Waals surface area contributed by atoms with Gasteiger partial charge in [0, 0.05) is 12.3 Å². The largest absolute Gasteiger partial charge is 0.491 e. The summed E-state index contributed by atoms with van der Waals surface area (Å²) >= 11 is 0. The lowest BCUT2D eigenvalue weighted by Crippen LogP contribution is -2.45. The van der Waals surface area contributed by atoms with Gasteiger partial charge in [-0.1, -0.05) is 92.7 Å². The summed E-state index contributed by atoms with van der Waals surface area (Å²) in [6, 6.07) is 5.02. The Labute approximate surface area is 329 Å². The standard InChI is InChI=1S/C42H73F3O6Si3/c1-39(2,3)52(11,12)49-33(30-48-32-23-21-22-31(28-32)42(43,44)45)26-27-35-34(24-19-17-18-20-25-38(46)47-10)36(50-53(13,14)40(4,5)6)29-37(35)51-54(15,16)41(7,8)9/h17,19,21-23,26-28,33-37H,18,20,24-25,29-30H2,1-16H3/t33-,34?,35+,36-,37-/m1/s1. The Hall–Kier alpha value is -1.71. The molecule has 0 spiro atoms. The number of esters is 1. The number of ether oxygens (including phenoxy) is 2. The Kier molecular flexibility index (Phi) is 16.8. The molecule has 310 valence electrons. The maximum atomic E-state index is 13.5. The zero-order chi connectivity index (χ0) is 41.6. The molecule has 0 saturated heterocycles. The highest BCUT2D eigenvalue weighted by Gasteiger charge is 2.50. The minimum absolute atomic E-state index is 0.00144. The smallest absolute Gasteiger partial charge is 0.416 e. The van der Waals surface area contributed by atoms with Crippen LogP contribution in [-0.4, -0.2) is 63.0 Å². The Morgan fingerprint density at radius 3 is 1.91 bits per heavy atom. The molecule has 1 fully saturated rings. The van der Waals surface area contributed by atoms with Gasteiger partial charge in [-0.05, 0) is 104 Å². The van der Waals surface area contributed by atoms with E-state index in [1.807, 2.05) is 0 Å². The molecule has 12 heteroatoms. The first-order chi connectivity index (χ1) is 24.4. The molecule has 1 aliphatic rings. The van der Waals surface area contributed by atoms with Crippen LogP contribution >= 0.6 is 0 Å². The Bertz CT molecular complexity index is 1400. The van der Waals surface area contributed by atoms with E-state index in [4.69, 9.17) is 22.8 Å². The van der Waals surface area contributed by atoms with E-state index in [9.17, 15) is 18.0 Å². The number of carbonyl (C=O) groups is 1. The summed E-state index contributed by atoms with van der Waals surface area (Å²) < 4.78 is 72.9. The highest BCUT2D eigenvalue weighted by molar-refractivity contribution is 6.75. The number of hydrogen-bond donors (Lipinski definition) is 0. The summed E-state index contributed by atoms with van der Waals surface area (Å²) in [5.74, 6) is 0.0528. The average molecular weight is 815 g/mol. The van der Waals surface area contributed by atoms with Crippen molar-refractivity contribution in [1.29, 1.82) is 0 Å². The number of methoxy groups -OCH3 is 1. The summed E-state index contributed by atoms with van der Waals surface area (Å²) in [7, 11) is -5.30. The Morgan fingerprint density at radius 2 is 1.39 bits per heavy atom. The number of unbranched alkanes of at least 4 members (excludes halogenated alkanes) is 1. The van der Waals surface area contributed by atoms with Crippen LogP contribution in [0.1, 0.15) is 100.0 Å². The van der Waals surface area contributed by atoms with Gasteiger partial charge in [0.1, 0.15) is 12.4 Å². The van der Waals surface area contributed by atoms with E-state index in [-0.39, 0.29) is 57.5 Å². The van der Waals surface area contributed by atoms with E-state index < -0.39 is 42.8 Å². The third-order valence-electron chi connectivity index (χ3n) is 12.3. The molecule has 6 nitrogen and oxygen atoms in total. The third kappa shape index (κ3) is 14.0. The molecular formula is C42H73F3O6Si3. The lowest BCUT2D eigenvalue weighted by molar-refractivity contribution is -0.140. The number of allylic oxidation sites excluding steroid dienone is 2. The van der Waals surface area contributed by atoms with Crippen LogP contribution in [0.2, 0.25) is 54.4 Å². The van der Waals surface area contributed by atoms with Crippen LogP contribution in [-0.2, 0) is 29.0 Å². The highest BCUT2D eigenvalue weighted by atomic mass is 28.4. The van der Waals surface area contributed by atoms with Crippen LogP contribution in [0.15, 0.2) is 48.6 Å². The quantitative estimate of drug-likeness (QED) is 0.0675. The molecule has 0 amide bonds. The molecule has 0 N–H and O–H groups in total. The van der Waals surface area contributed by atoms with Crippen molar-refractivity contribution >= 4 is 30.9 Å². The number of halogens is 3. The summed E-state index contributed by atoms with van der Waals surface area (Å²) in [5, 5.41) is -0.0742. The van der Waals surface area contributed by atoms with Crippen LogP contribution in [0.3, 0.4) is 0 Å². The normalized spacial score (nSPS) is 21.6. The molecule has 5 atom stereocenters. The number of carbonyl (C=O) groups excluding carboxylic acids is 1. The highest BCUT2D eigenvalue weighted by Crippen LogP contribution is 2.48. The average Bonchev–Trinajstić information content (AvgIpc) is 3.31. The molecule has 0 aromatic heterocycles. The van der Waals surface area contributed by atoms with Crippen LogP contribution < -0.4 is 4.74 Å². The zero-order valence-corrected chi connectivity index (χ0v) is 39.3. The molecular weight excluding hydrogens is 742 g/mol. The third-order valence-corrected chi connectivity index (χ3v) is 25.8. The number of hydrogen-bond acceptors (Lipinski definition) is 6. The first kappa shape index (κ1) is 48.4. The van der Waals surface area contributed by atoms with E-state index in [1.165, 1.54) is 13.2 Å². The van der Waals surface area contributed by atoms with Crippen LogP contribution in [0.25, 0.3) is 0 Å². The van der Waals surface area contributed by atoms with Gasteiger partial charge in [0.2, 0.25) is 0 Å². The van der Waals surface area contributed by atoms with Gasteiger partial charge in [-0.2, -0.15) is 13.2 Å². The van der Waals surface area contributed by atoms with E-state index in [0.717, 1.165) is 37.8 Å². The molecule has 54 heavy (non-hydrogen) atoms. The van der Waals surface area contributed by atoms with Gasteiger partial charge in [-0.25, -0.2) is 0 Å². The Morgan fingerprint density at radius 1 is 0.833 bits per heavy atom. The summed E-state index contributed by atoms with van der Waals surface area (Å²) in [6.07, 6.45) is 7.01. The first-order valence-corrected chi connectivity index (χ1v) is 28.4. The fraction of sp³-hybridized carbons (Fsp3) is 0.738. The van der Waals surface area contributed by atoms with Crippen molar-refractivity contribution < 1.29 is 40.7 Å². The van der Waals surface area contributed by atoms with Crippen LogP contribution in [0.4, 0.5) is 13.2 Å². The fourth-order valence-corrected chi connectivity index (χ4v) is 9.75. The first-order valence-electron chi connectivity index (χ1n) is 19.7. The van der Waals surface area contributed by atoms with Crippen molar-refractivity contribution in [2.75, 3.05) is 13.7 Å². The second-order valence-electron chi connectivity index (χ2n) is 19.6. The second-order valence-corrected chi connectivity index (χ2v) is 33.9. The van der Waals surface area contributed by atoms with Crippen molar-refractivity contribution in [3.05, 3.63) is 54.1 Å². The number of alkyl halides is 3. The van der Waals surface area contributed by atoms with Crippen molar-refractivity contribution in [2.24, 2.45) is 11.8 Å². The van der Waals surface area contributed by atoms with Crippen LogP contribution in [0.5, 0.6) is 5.75 Å².